The summed E-state index contributed by atoms with van der Waals surface area (Å²) in [5.74, 6) is 0.500. The molecule has 3 rings (SSSR count). The van der Waals surface area contributed by atoms with Gasteiger partial charge in [-0.2, -0.15) is 0 Å². The predicted molar refractivity (Wildman–Crippen MR) is 95.5 cm³/mol. The van der Waals surface area contributed by atoms with Gasteiger partial charge in [-0.3, -0.25) is 4.79 Å². The van der Waals surface area contributed by atoms with Gasteiger partial charge in [0.05, 0.1) is 5.69 Å². The van der Waals surface area contributed by atoms with E-state index in [-0.39, 0.29) is 5.91 Å². The zero-order valence-electron chi connectivity index (χ0n) is 13.4. The maximum absolute atomic E-state index is 11.1. The van der Waals surface area contributed by atoms with E-state index in [1.54, 1.807) is 6.20 Å². The smallest absolute Gasteiger partial charge is 0.223 e. The summed E-state index contributed by atoms with van der Waals surface area (Å²) in [5.41, 5.74) is 3.73. The monoisotopic (exact) mass is 318 g/mol. The van der Waals surface area contributed by atoms with Crippen LogP contribution in [0.1, 0.15) is 12.5 Å². The number of amides is 1. The van der Waals surface area contributed by atoms with Crippen molar-refractivity contribution in [1.29, 1.82) is 0 Å². The van der Waals surface area contributed by atoms with Crippen LogP contribution in [-0.2, 0) is 11.3 Å². The number of nitrogens with zero attached hydrogens (tertiary/aromatic N) is 2. The van der Waals surface area contributed by atoms with E-state index in [0.29, 0.717) is 12.5 Å². The molecule has 120 valence electrons. The van der Waals surface area contributed by atoms with Crippen LogP contribution >= 0.6 is 0 Å². The van der Waals surface area contributed by atoms with Crippen molar-refractivity contribution in [1.82, 2.24) is 9.97 Å². The van der Waals surface area contributed by atoms with E-state index in [1.165, 1.54) is 12.5 Å². The van der Waals surface area contributed by atoms with E-state index in [1.807, 2.05) is 48.5 Å². The minimum absolute atomic E-state index is 0.0859. The standard InChI is InChI=1S/C19H18N4O/c1-14(24)22-17-9-7-16(8-10-17)18-11-12-20-19(23-18)21-13-15-5-3-2-4-6-15/h2-12H,13H2,1H3,(H,22,24)(H,20,21,23). The summed E-state index contributed by atoms with van der Waals surface area (Å²) in [6, 6.07) is 19.5. The summed E-state index contributed by atoms with van der Waals surface area (Å²) in [7, 11) is 0. The number of rotatable bonds is 5. The molecule has 24 heavy (non-hydrogen) atoms. The summed E-state index contributed by atoms with van der Waals surface area (Å²) in [6.07, 6.45) is 1.73. The van der Waals surface area contributed by atoms with Gasteiger partial charge >= 0.3 is 0 Å². The van der Waals surface area contributed by atoms with Gasteiger partial charge in [0.1, 0.15) is 0 Å². The summed E-state index contributed by atoms with van der Waals surface area (Å²) in [4.78, 5) is 19.9. The number of nitrogens with one attached hydrogen (secondary N) is 2. The zero-order valence-corrected chi connectivity index (χ0v) is 13.4. The Morgan fingerprint density at radius 3 is 2.46 bits per heavy atom. The van der Waals surface area contributed by atoms with Gasteiger partial charge in [-0.05, 0) is 23.8 Å². The number of hydrogen-bond acceptors (Lipinski definition) is 4. The van der Waals surface area contributed by atoms with Crippen molar-refractivity contribution in [3.63, 3.8) is 0 Å². The number of aromatic nitrogens is 2. The fourth-order valence-corrected chi connectivity index (χ4v) is 2.31. The summed E-state index contributed by atoms with van der Waals surface area (Å²) < 4.78 is 0. The van der Waals surface area contributed by atoms with Crippen molar-refractivity contribution < 1.29 is 4.79 Å². The SMILES string of the molecule is CC(=O)Nc1ccc(-c2ccnc(NCc3ccccc3)n2)cc1. The average molecular weight is 318 g/mol. The first kappa shape index (κ1) is 15.7. The van der Waals surface area contributed by atoms with Gasteiger partial charge in [-0.1, -0.05) is 42.5 Å². The van der Waals surface area contributed by atoms with Gasteiger partial charge < -0.3 is 10.6 Å². The van der Waals surface area contributed by atoms with Crippen molar-refractivity contribution in [2.45, 2.75) is 13.5 Å². The molecule has 0 saturated heterocycles. The Morgan fingerprint density at radius 2 is 1.75 bits per heavy atom. The Labute approximate surface area is 140 Å². The lowest BCUT2D eigenvalue weighted by molar-refractivity contribution is -0.114. The van der Waals surface area contributed by atoms with Crippen LogP contribution in [0.25, 0.3) is 11.3 Å². The van der Waals surface area contributed by atoms with Crippen LogP contribution in [-0.4, -0.2) is 15.9 Å². The van der Waals surface area contributed by atoms with Crippen molar-refractivity contribution >= 4 is 17.5 Å². The Balaban J connectivity index is 1.71. The Bertz CT molecular complexity index is 816. The van der Waals surface area contributed by atoms with Gasteiger partial charge in [0.2, 0.25) is 11.9 Å². The molecule has 0 spiro atoms. The minimum atomic E-state index is -0.0859. The fraction of sp³-hybridized carbons (Fsp3) is 0.105. The molecule has 3 aromatic rings. The normalized spacial score (nSPS) is 10.2. The molecule has 0 radical (unpaired) electrons. The summed E-state index contributed by atoms with van der Waals surface area (Å²) in [6.45, 7) is 2.16. The van der Waals surface area contributed by atoms with Crippen molar-refractivity contribution in [2.75, 3.05) is 10.6 Å². The Morgan fingerprint density at radius 1 is 1.00 bits per heavy atom. The highest BCUT2D eigenvalue weighted by molar-refractivity contribution is 5.88. The molecular weight excluding hydrogens is 300 g/mol. The molecule has 2 aromatic carbocycles. The molecule has 0 bridgehead atoms. The molecule has 1 aromatic heterocycles. The molecular formula is C19H18N4O. The van der Waals surface area contributed by atoms with Crippen LogP contribution in [0.5, 0.6) is 0 Å². The first-order valence-electron chi connectivity index (χ1n) is 7.69. The van der Waals surface area contributed by atoms with Crippen molar-refractivity contribution in [3.8, 4) is 11.3 Å². The van der Waals surface area contributed by atoms with Gasteiger partial charge in [0, 0.05) is 30.9 Å². The second kappa shape index (κ2) is 7.37. The van der Waals surface area contributed by atoms with Crippen LogP contribution in [0, 0.1) is 0 Å². The van der Waals surface area contributed by atoms with E-state index >= 15 is 0 Å². The van der Waals surface area contributed by atoms with Crippen LogP contribution in [0.15, 0.2) is 66.9 Å². The molecule has 0 aliphatic carbocycles. The van der Waals surface area contributed by atoms with Crippen molar-refractivity contribution in [3.05, 3.63) is 72.4 Å². The molecule has 2 N–H and O–H groups in total. The van der Waals surface area contributed by atoms with Crippen LogP contribution < -0.4 is 10.6 Å². The first-order valence-corrected chi connectivity index (χ1v) is 7.69. The predicted octanol–water partition coefficient (Wildman–Crippen LogP) is 3.71. The quantitative estimate of drug-likeness (QED) is 0.752. The maximum Gasteiger partial charge on any atom is 0.223 e. The second-order valence-corrected chi connectivity index (χ2v) is 5.36. The average Bonchev–Trinajstić information content (AvgIpc) is 2.61. The van der Waals surface area contributed by atoms with Crippen LogP contribution in [0.4, 0.5) is 11.6 Å². The third-order valence-corrected chi connectivity index (χ3v) is 3.45. The number of carbonyl (C=O) groups is 1. The highest BCUT2D eigenvalue weighted by Crippen LogP contribution is 2.20. The Hall–Kier alpha value is -3.21. The largest absolute Gasteiger partial charge is 0.350 e. The molecule has 5 nitrogen and oxygen atoms in total. The number of hydrogen-bond donors (Lipinski definition) is 2. The highest BCUT2D eigenvalue weighted by atomic mass is 16.1. The molecule has 1 heterocycles. The van der Waals surface area contributed by atoms with E-state index in [9.17, 15) is 4.79 Å². The Kier molecular flexibility index (Phi) is 4.81. The lowest BCUT2D eigenvalue weighted by Gasteiger charge is -2.07. The molecule has 0 saturated carbocycles. The van der Waals surface area contributed by atoms with Crippen LogP contribution in [0.3, 0.4) is 0 Å². The number of anilines is 2. The van der Waals surface area contributed by atoms with Gasteiger partial charge in [-0.25, -0.2) is 9.97 Å². The van der Waals surface area contributed by atoms with Gasteiger partial charge in [0.15, 0.2) is 0 Å². The maximum atomic E-state index is 11.1. The molecule has 0 aliphatic rings. The molecule has 0 aliphatic heterocycles. The molecule has 5 heteroatoms. The van der Waals surface area contributed by atoms with E-state index in [0.717, 1.165) is 16.9 Å². The topological polar surface area (TPSA) is 66.9 Å². The van der Waals surface area contributed by atoms with Crippen molar-refractivity contribution in [2.24, 2.45) is 0 Å². The minimum Gasteiger partial charge on any atom is -0.350 e. The molecule has 0 unspecified atom stereocenters. The van der Waals surface area contributed by atoms with E-state index < -0.39 is 0 Å². The molecule has 1 amide bonds. The highest BCUT2D eigenvalue weighted by Gasteiger charge is 2.03. The van der Waals surface area contributed by atoms with E-state index in [2.05, 4.69) is 32.7 Å². The number of carbonyl (C=O) groups excluding carboxylic acids is 1. The lowest BCUT2D eigenvalue weighted by atomic mass is 10.1. The van der Waals surface area contributed by atoms with E-state index in [4.69, 9.17) is 0 Å². The fourth-order valence-electron chi connectivity index (χ4n) is 2.31. The molecule has 0 atom stereocenters. The lowest BCUT2D eigenvalue weighted by Crippen LogP contribution is -2.05. The zero-order chi connectivity index (χ0) is 16.8. The van der Waals surface area contributed by atoms with Gasteiger partial charge in [-0.15, -0.1) is 0 Å². The third kappa shape index (κ3) is 4.16. The first-order chi connectivity index (χ1) is 11.7. The third-order valence-electron chi connectivity index (χ3n) is 3.45. The second-order valence-electron chi connectivity index (χ2n) is 5.36. The summed E-state index contributed by atoms with van der Waals surface area (Å²) in [5, 5.41) is 5.98. The van der Waals surface area contributed by atoms with Gasteiger partial charge in [0.25, 0.3) is 0 Å². The molecule has 0 fully saturated rings. The van der Waals surface area contributed by atoms with Crippen LogP contribution in [0.2, 0.25) is 0 Å². The summed E-state index contributed by atoms with van der Waals surface area (Å²) >= 11 is 0. The number of benzene rings is 2.